The van der Waals surface area contributed by atoms with Crippen LogP contribution in [-0.4, -0.2) is 38.1 Å². The SMILES string of the molecule is CCCNc1ncc(CN2CCCC[C@@H]2c2nc(C(C)C)no2)cn1. The van der Waals surface area contributed by atoms with Crippen molar-refractivity contribution < 1.29 is 4.52 Å². The first-order chi connectivity index (χ1) is 12.2. The van der Waals surface area contributed by atoms with Gasteiger partial charge in [-0.2, -0.15) is 4.98 Å². The van der Waals surface area contributed by atoms with E-state index in [9.17, 15) is 0 Å². The summed E-state index contributed by atoms with van der Waals surface area (Å²) in [5.41, 5.74) is 1.11. The molecular weight excluding hydrogens is 316 g/mol. The highest BCUT2D eigenvalue weighted by Crippen LogP contribution is 2.31. The van der Waals surface area contributed by atoms with Crippen molar-refractivity contribution in [3.63, 3.8) is 0 Å². The molecule has 1 fully saturated rings. The van der Waals surface area contributed by atoms with Crippen LogP contribution in [0.4, 0.5) is 5.95 Å². The first-order valence-electron chi connectivity index (χ1n) is 9.29. The minimum atomic E-state index is 0.187. The number of likely N-dealkylation sites (tertiary alicyclic amines) is 1. The Balaban J connectivity index is 1.68. The summed E-state index contributed by atoms with van der Waals surface area (Å²) in [6.45, 7) is 9.01. The molecule has 0 aliphatic carbocycles. The normalized spacial score (nSPS) is 18.6. The fourth-order valence-electron chi connectivity index (χ4n) is 3.08. The third-order valence-corrected chi connectivity index (χ3v) is 4.50. The van der Waals surface area contributed by atoms with Crippen LogP contribution in [0.15, 0.2) is 16.9 Å². The molecule has 1 aliphatic heterocycles. The van der Waals surface area contributed by atoms with E-state index in [1.54, 1.807) is 0 Å². The molecule has 0 unspecified atom stereocenters. The monoisotopic (exact) mass is 344 g/mol. The first-order valence-corrected chi connectivity index (χ1v) is 9.29. The Morgan fingerprint density at radius 1 is 1.28 bits per heavy atom. The van der Waals surface area contributed by atoms with Crippen molar-refractivity contribution in [1.82, 2.24) is 25.0 Å². The summed E-state index contributed by atoms with van der Waals surface area (Å²) in [4.78, 5) is 15.8. The molecule has 0 aromatic carbocycles. The lowest BCUT2D eigenvalue weighted by atomic mass is 10.0. The molecule has 2 aromatic rings. The van der Waals surface area contributed by atoms with Crippen molar-refractivity contribution >= 4 is 5.95 Å². The number of anilines is 1. The minimum absolute atomic E-state index is 0.187. The summed E-state index contributed by atoms with van der Waals surface area (Å²) in [6.07, 6.45) is 8.31. The topological polar surface area (TPSA) is 80.0 Å². The summed E-state index contributed by atoms with van der Waals surface area (Å²) < 4.78 is 5.55. The quantitative estimate of drug-likeness (QED) is 0.823. The van der Waals surface area contributed by atoms with Crippen LogP contribution in [0.3, 0.4) is 0 Å². The zero-order chi connectivity index (χ0) is 17.6. The van der Waals surface area contributed by atoms with Crippen LogP contribution >= 0.6 is 0 Å². The fraction of sp³-hybridized carbons (Fsp3) is 0.667. The Labute approximate surface area is 149 Å². The Hall–Kier alpha value is -2.02. The molecule has 0 radical (unpaired) electrons. The molecule has 3 rings (SSSR count). The predicted molar refractivity (Wildman–Crippen MR) is 96.2 cm³/mol. The van der Waals surface area contributed by atoms with Gasteiger partial charge >= 0.3 is 0 Å². The fourth-order valence-corrected chi connectivity index (χ4v) is 3.08. The van der Waals surface area contributed by atoms with E-state index in [1.807, 2.05) is 12.4 Å². The number of hydrogen-bond acceptors (Lipinski definition) is 7. The van der Waals surface area contributed by atoms with Crippen molar-refractivity contribution in [1.29, 1.82) is 0 Å². The highest BCUT2D eigenvalue weighted by atomic mass is 16.5. The molecule has 136 valence electrons. The van der Waals surface area contributed by atoms with Gasteiger partial charge in [0, 0.05) is 37.0 Å². The van der Waals surface area contributed by atoms with Gasteiger partial charge in [0.05, 0.1) is 6.04 Å². The molecule has 0 saturated carbocycles. The van der Waals surface area contributed by atoms with Gasteiger partial charge in [-0.15, -0.1) is 0 Å². The van der Waals surface area contributed by atoms with Crippen LogP contribution in [-0.2, 0) is 6.54 Å². The molecule has 0 spiro atoms. The lowest BCUT2D eigenvalue weighted by molar-refractivity contribution is 0.111. The zero-order valence-electron chi connectivity index (χ0n) is 15.4. The van der Waals surface area contributed by atoms with E-state index >= 15 is 0 Å². The van der Waals surface area contributed by atoms with Gasteiger partial charge in [0.1, 0.15) is 0 Å². The number of aromatic nitrogens is 4. The molecule has 0 amide bonds. The number of piperidine rings is 1. The maximum atomic E-state index is 5.55. The van der Waals surface area contributed by atoms with Gasteiger partial charge in [-0.05, 0) is 25.8 Å². The second-order valence-corrected chi connectivity index (χ2v) is 6.97. The summed E-state index contributed by atoms with van der Waals surface area (Å²) in [6, 6.07) is 0.187. The Morgan fingerprint density at radius 3 is 2.76 bits per heavy atom. The molecule has 25 heavy (non-hydrogen) atoms. The van der Waals surface area contributed by atoms with E-state index in [-0.39, 0.29) is 12.0 Å². The Kier molecular flexibility index (Phi) is 5.96. The third-order valence-electron chi connectivity index (χ3n) is 4.50. The smallest absolute Gasteiger partial charge is 0.244 e. The van der Waals surface area contributed by atoms with E-state index in [0.29, 0.717) is 5.95 Å². The second-order valence-electron chi connectivity index (χ2n) is 6.97. The summed E-state index contributed by atoms with van der Waals surface area (Å²) in [7, 11) is 0. The van der Waals surface area contributed by atoms with Gasteiger partial charge in [0.2, 0.25) is 11.8 Å². The van der Waals surface area contributed by atoms with Crippen molar-refractivity contribution in [3.05, 3.63) is 29.7 Å². The lowest BCUT2D eigenvalue weighted by Gasteiger charge is -2.33. The van der Waals surface area contributed by atoms with Crippen LogP contribution < -0.4 is 5.32 Å². The molecule has 1 atom stereocenters. The van der Waals surface area contributed by atoms with Gasteiger partial charge in [-0.1, -0.05) is 32.3 Å². The second kappa shape index (κ2) is 8.38. The predicted octanol–water partition coefficient (Wildman–Crippen LogP) is 3.53. The Bertz CT molecular complexity index is 654. The standard InChI is InChI=1S/C18H28N6O/c1-4-8-19-18-20-10-14(11-21-18)12-24-9-6-5-7-15(24)17-22-16(13(2)3)23-25-17/h10-11,13,15H,4-9,12H2,1-3H3,(H,19,20,21)/t15-/m1/s1. The van der Waals surface area contributed by atoms with Gasteiger partial charge in [-0.3, -0.25) is 4.90 Å². The van der Waals surface area contributed by atoms with Crippen molar-refractivity contribution in [2.24, 2.45) is 0 Å². The average Bonchev–Trinajstić information content (AvgIpc) is 3.12. The van der Waals surface area contributed by atoms with Gasteiger partial charge in [0.15, 0.2) is 5.82 Å². The Morgan fingerprint density at radius 2 is 2.08 bits per heavy atom. The maximum absolute atomic E-state index is 5.55. The zero-order valence-corrected chi connectivity index (χ0v) is 15.4. The van der Waals surface area contributed by atoms with Gasteiger partial charge < -0.3 is 9.84 Å². The van der Waals surface area contributed by atoms with Crippen LogP contribution in [0.5, 0.6) is 0 Å². The molecule has 1 N–H and O–H groups in total. The minimum Gasteiger partial charge on any atom is -0.354 e. The molecule has 2 aromatic heterocycles. The number of rotatable bonds is 7. The first kappa shape index (κ1) is 17.8. The van der Waals surface area contributed by atoms with Crippen molar-refractivity contribution in [2.45, 2.75) is 65.0 Å². The maximum Gasteiger partial charge on any atom is 0.244 e. The number of nitrogens with one attached hydrogen (secondary N) is 1. The van der Waals surface area contributed by atoms with Crippen LogP contribution in [0.1, 0.15) is 75.7 Å². The largest absolute Gasteiger partial charge is 0.354 e. The lowest BCUT2D eigenvalue weighted by Crippen LogP contribution is -2.33. The number of nitrogens with zero attached hydrogens (tertiary/aromatic N) is 5. The van der Waals surface area contributed by atoms with Gasteiger partial charge in [-0.25, -0.2) is 9.97 Å². The van der Waals surface area contributed by atoms with E-state index in [1.165, 1.54) is 12.8 Å². The molecule has 3 heterocycles. The van der Waals surface area contributed by atoms with Crippen LogP contribution in [0.2, 0.25) is 0 Å². The molecule has 7 nitrogen and oxygen atoms in total. The van der Waals surface area contributed by atoms with Crippen LogP contribution in [0, 0.1) is 0 Å². The van der Waals surface area contributed by atoms with Gasteiger partial charge in [0.25, 0.3) is 0 Å². The third kappa shape index (κ3) is 4.54. The summed E-state index contributed by atoms with van der Waals surface area (Å²) in [5, 5.41) is 7.33. The summed E-state index contributed by atoms with van der Waals surface area (Å²) in [5.74, 6) is 2.51. The number of hydrogen-bond donors (Lipinski definition) is 1. The van der Waals surface area contributed by atoms with E-state index in [2.05, 4.69) is 51.1 Å². The molecule has 7 heteroatoms. The van der Waals surface area contributed by atoms with Crippen molar-refractivity contribution in [3.8, 4) is 0 Å². The average molecular weight is 344 g/mol. The van der Waals surface area contributed by atoms with Crippen molar-refractivity contribution in [2.75, 3.05) is 18.4 Å². The molecule has 1 saturated heterocycles. The summed E-state index contributed by atoms with van der Waals surface area (Å²) >= 11 is 0. The highest BCUT2D eigenvalue weighted by molar-refractivity contribution is 5.24. The van der Waals surface area contributed by atoms with Crippen LogP contribution in [0.25, 0.3) is 0 Å². The highest BCUT2D eigenvalue weighted by Gasteiger charge is 2.29. The van der Waals surface area contributed by atoms with E-state index < -0.39 is 0 Å². The molecular formula is C18H28N6O. The molecule has 0 bridgehead atoms. The van der Waals surface area contributed by atoms with E-state index in [0.717, 1.165) is 49.8 Å². The van der Waals surface area contributed by atoms with E-state index in [4.69, 9.17) is 4.52 Å². The molecule has 1 aliphatic rings.